The lowest BCUT2D eigenvalue weighted by Crippen LogP contribution is -2.54. The Labute approximate surface area is 100 Å². The molecule has 0 spiro atoms. The maximum absolute atomic E-state index is 12.2. The van der Waals surface area contributed by atoms with Gasteiger partial charge in [0.15, 0.2) is 0 Å². The molecule has 17 heavy (non-hydrogen) atoms. The minimum atomic E-state index is -4.10. The van der Waals surface area contributed by atoms with Crippen molar-refractivity contribution < 1.29 is 18.3 Å². The molecule has 0 aliphatic heterocycles. The van der Waals surface area contributed by atoms with E-state index in [0.717, 1.165) is 0 Å². The van der Waals surface area contributed by atoms with E-state index in [0.29, 0.717) is 5.56 Å². The average molecular weight is 257 g/mol. The highest BCUT2D eigenvalue weighted by molar-refractivity contribution is 7.93. The van der Waals surface area contributed by atoms with Crippen LogP contribution < -0.4 is 5.73 Å². The predicted octanol–water partition coefficient (Wildman–Crippen LogP) is 0.918. The zero-order valence-electron chi connectivity index (χ0n) is 9.67. The molecule has 1 atom stereocenters. The summed E-state index contributed by atoms with van der Waals surface area (Å²) in [4.78, 5) is 8.77. The Bertz CT molecular complexity index is 538. The van der Waals surface area contributed by atoms with E-state index in [4.69, 9.17) is 10.8 Å². The van der Waals surface area contributed by atoms with Crippen LogP contribution in [0.5, 0.6) is 0 Å². The van der Waals surface area contributed by atoms with E-state index in [1.54, 1.807) is 19.1 Å². The zero-order valence-corrected chi connectivity index (χ0v) is 10.5. The van der Waals surface area contributed by atoms with Crippen molar-refractivity contribution >= 4 is 15.8 Å². The van der Waals surface area contributed by atoms with Crippen molar-refractivity contribution in [1.29, 1.82) is 0 Å². The Kier molecular flexibility index (Phi) is 3.59. The highest BCUT2D eigenvalue weighted by Crippen LogP contribution is 2.27. The van der Waals surface area contributed by atoms with Crippen LogP contribution in [-0.4, -0.2) is 24.4 Å². The van der Waals surface area contributed by atoms with E-state index >= 15 is 0 Å². The van der Waals surface area contributed by atoms with Gasteiger partial charge in [0.2, 0.25) is 14.7 Å². The molecule has 1 rings (SSSR count). The summed E-state index contributed by atoms with van der Waals surface area (Å²) < 4.78 is 24.5. The number of hydrogen-bond acceptors (Lipinski definition) is 4. The van der Waals surface area contributed by atoms with Gasteiger partial charge in [-0.25, -0.2) is 13.2 Å². The lowest BCUT2D eigenvalue weighted by molar-refractivity contribution is -0.140. The van der Waals surface area contributed by atoms with Gasteiger partial charge in [-0.3, -0.25) is 0 Å². The molecule has 0 amide bonds. The first kappa shape index (κ1) is 13.7. The van der Waals surface area contributed by atoms with E-state index in [2.05, 4.69) is 0 Å². The third kappa shape index (κ3) is 2.05. The van der Waals surface area contributed by atoms with Crippen LogP contribution >= 0.6 is 0 Å². The van der Waals surface area contributed by atoms with Crippen molar-refractivity contribution in [3.63, 3.8) is 0 Å². The highest BCUT2D eigenvalue weighted by atomic mass is 32.2. The fourth-order valence-electron chi connectivity index (χ4n) is 1.51. The Morgan fingerprint density at radius 2 is 1.94 bits per heavy atom. The monoisotopic (exact) mass is 257 g/mol. The number of benzene rings is 1. The van der Waals surface area contributed by atoms with Crippen molar-refractivity contribution in [3.8, 4) is 0 Å². The fourth-order valence-corrected chi connectivity index (χ4v) is 3.26. The molecule has 3 N–H and O–H groups in total. The molecule has 0 aromatic heterocycles. The number of rotatable bonds is 4. The standard InChI is InChI=1S/C11H15NO4S/c1-3-11(12,10(13)14)17(15,16)9-7-5-4-6-8(9)2/h4-7H,3,12H2,1-2H3,(H,13,14). The lowest BCUT2D eigenvalue weighted by Gasteiger charge is -2.23. The first-order valence-corrected chi connectivity index (χ1v) is 6.58. The van der Waals surface area contributed by atoms with E-state index in [9.17, 15) is 13.2 Å². The van der Waals surface area contributed by atoms with Gasteiger partial charge in [0, 0.05) is 0 Å². The number of carboxylic acids is 1. The van der Waals surface area contributed by atoms with Crippen molar-refractivity contribution in [2.24, 2.45) is 5.73 Å². The summed E-state index contributed by atoms with van der Waals surface area (Å²) >= 11 is 0. The number of carboxylic acid groups (broad SMARTS) is 1. The van der Waals surface area contributed by atoms with Gasteiger partial charge in [0.05, 0.1) is 4.90 Å². The Hall–Kier alpha value is -1.40. The second kappa shape index (κ2) is 4.46. The van der Waals surface area contributed by atoms with Crippen LogP contribution in [0.25, 0.3) is 0 Å². The van der Waals surface area contributed by atoms with Gasteiger partial charge in [-0.2, -0.15) is 0 Å². The van der Waals surface area contributed by atoms with E-state index < -0.39 is 20.7 Å². The van der Waals surface area contributed by atoms with Crippen LogP contribution in [0.4, 0.5) is 0 Å². The summed E-state index contributed by atoms with van der Waals surface area (Å²) in [7, 11) is -4.10. The molecule has 0 saturated heterocycles. The van der Waals surface area contributed by atoms with Gasteiger partial charge in [-0.05, 0) is 25.0 Å². The second-order valence-corrected chi connectivity index (χ2v) is 5.99. The molecule has 0 fully saturated rings. The number of aryl methyl sites for hydroxylation is 1. The molecule has 1 aromatic rings. The van der Waals surface area contributed by atoms with Crippen LogP contribution in [0, 0.1) is 6.92 Å². The largest absolute Gasteiger partial charge is 0.479 e. The van der Waals surface area contributed by atoms with Crippen LogP contribution in [-0.2, 0) is 14.6 Å². The molecule has 0 heterocycles. The van der Waals surface area contributed by atoms with E-state index in [1.807, 2.05) is 0 Å². The minimum absolute atomic E-state index is 0.0354. The molecular weight excluding hydrogens is 242 g/mol. The molecule has 0 aliphatic rings. The van der Waals surface area contributed by atoms with Gasteiger partial charge in [-0.15, -0.1) is 0 Å². The molecule has 94 valence electrons. The maximum atomic E-state index is 12.2. The lowest BCUT2D eigenvalue weighted by atomic mass is 10.2. The SMILES string of the molecule is CCC(N)(C(=O)O)S(=O)(=O)c1ccccc1C. The van der Waals surface area contributed by atoms with Gasteiger partial charge in [-0.1, -0.05) is 25.1 Å². The fraction of sp³-hybridized carbons (Fsp3) is 0.364. The molecule has 1 aromatic carbocycles. The van der Waals surface area contributed by atoms with E-state index in [-0.39, 0.29) is 11.3 Å². The van der Waals surface area contributed by atoms with Crippen molar-refractivity contribution in [1.82, 2.24) is 0 Å². The summed E-state index contributed by atoms with van der Waals surface area (Å²) in [6.45, 7) is 3.04. The van der Waals surface area contributed by atoms with Crippen LogP contribution in [0.15, 0.2) is 29.2 Å². The molecule has 5 nitrogen and oxygen atoms in total. The zero-order chi connectivity index (χ0) is 13.3. The Balaban J connectivity index is 3.49. The quantitative estimate of drug-likeness (QED) is 0.835. The summed E-state index contributed by atoms with van der Waals surface area (Å²) in [6.07, 6.45) is -0.195. The van der Waals surface area contributed by atoms with Crippen molar-refractivity contribution in [2.75, 3.05) is 0 Å². The molecule has 0 radical (unpaired) electrons. The Morgan fingerprint density at radius 3 is 2.35 bits per heavy atom. The van der Waals surface area contributed by atoms with E-state index in [1.165, 1.54) is 19.1 Å². The summed E-state index contributed by atoms with van der Waals surface area (Å²) in [6, 6.07) is 6.19. The highest BCUT2D eigenvalue weighted by Gasteiger charge is 2.47. The summed E-state index contributed by atoms with van der Waals surface area (Å²) in [5.74, 6) is -1.54. The number of carbonyl (C=O) groups is 1. The third-order valence-electron chi connectivity index (χ3n) is 2.75. The van der Waals surface area contributed by atoms with Gasteiger partial charge in [0.1, 0.15) is 0 Å². The molecular formula is C11H15NO4S. The number of nitrogens with two attached hydrogens (primary N) is 1. The molecule has 0 aliphatic carbocycles. The maximum Gasteiger partial charge on any atom is 0.339 e. The van der Waals surface area contributed by atoms with Gasteiger partial charge < -0.3 is 10.8 Å². The second-order valence-electron chi connectivity index (χ2n) is 3.82. The average Bonchev–Trinajstić information content (AvgIpc) is 2.27. The first-order chi connectivity index (χ1) is 7.77. The normalized spacial score (nSPS) is 15.2. The van der Waals surface area contributed by atoms with Crippen molar-refractivity contribution in [3.05, 3.63) is 29.8 Å². The third-order valence-corrected chi connectivity index (χ3v) is 5.21. The summed E-state index contributed by atoms with van der Waals surface area (Å²) in [5.41, 5.74) is 6.01. The summed E-state index contributed by atoms with van der Waals surface area (Å²) in [5, 5.41) is 9.02. The smallest absolute Gasteiger partial charge is 0.339 e. The minimum Gasteiger partial charge on any atom is -0.479 e. The molecule has 0 saturated carbocycles. The number of hydrogen-bond donors (Lipinski definition) is 2. The van der Waals surface area contributed by atoms with Crippen LogP contribution in [0.2, 0.25) is 0 Å². The first-order valence-electron chi connectivity index (χ1n) is 5.10. The molecule has 6 heteroatoms. The van der Waals surface area contributed by atoms with Gasteiger partial charge >= 0.3 is 5.97 Å². The van der Waals surface area contributed by atoms with Crippen LogP contribution in [0.3, 0.4) is 0 Å². The number of aliphatic carboxylic acids is 1. The topological polar surface area (TPSA) is 97.5 Å². The molecule has 1 unspecified atom stereocenters. The Morgan fingerprint density at radius 1 is 1.41 bits per heavy atom. The van der Waals surface area contributed by atoms with Gasteiger partial charge in [0.25, 0.3) is 0 Å². The van der Waals surface area contributed by atoms with Crippen molar-refractivity contribution in [2.45, 2.75) is 30.0 Å². The van der Waals surface area contributed by atoms with Crippen LogP contribution in [0.1, 0.15) is 18.9 Å². The molecule has 0 bridgehead atoms. The predicted molar refractivity (Wildman–Crippen MR) is 63.2 cm³/mol. The number of sulfone groups is 1.